The number of benzene rings is 1. The molecule has 0 spiro atoms. The lowest BCUT2D eigenvalue weighted by Gasteiger charge is -2.19. The molecule has 0 N–H and O–H groups in total. The number of rotatable bonds is 1. The van der Waals surface area contributed by atoms with Crippen LogP contribution in [-0.2, 0) is 5.41 Å². The van der Waals surface area contributed by atoms with Gasteiger partial charge >= 0.3 is 0 Å². The number of furan rings is 1. The van der Waals surface area contributed by atoms with Crippen molar-refractivity contribution in [3.05, 3.63) is 60.2 Å². The summed E-state index contributed by atoms with van der Waals surface area (Å²) in [5.74, 6) is -0.313. The highest BCUT2D eigenvalue weighted by atomic mass is 19.1. The Morgan fingerprint density at radius 3 is 2.62 bits per heavy atom. The fraction of sp³-hybridized carbons (Fsp3) is 0.200. The van der Waals surface area contributed by atoms with Gasteiger partial charge in [0.05, 0.1) is 16.5 Å². The smallest absolute Gasteiger partial charge is 0.227 e. The summed E-state index contributed by atoms with van der Waals surface area (Å²) in [4.78, 5) is 8.67. The van der Waals surface area contributed by atoms with Crippen molar-refractivity contribution in [2.24, 2.45) is 0 Å². The Kier molecular flexibility index (Phi) is 3.17. The van der Waals surface area contributed by atoms with Gasteiger partial charge in [0.25, 0.3) is 0 Å². The second-order valence-electron chi connectivity index (χ2n) is 6.94. The third-order valence-corrected chi connectivity index (χ3v) is 4.25. The minimum atomic E-state index is -0.313. The molecule has 0 saturated carbocycles. The average Bonchev–Trinajstić information content (AvgIpc) is 2.95. The zero-order valence-electron chi connectivity index (χ0n) is 13.8. The summed E-state index contributed by atoms with van der Waals surface area (Å²) in [6.45, 7) is 6.45. The number of fused-ring (bicyclic) bond motifs is 3. The summed E-state index contributed by atoms with van der Waals surface area (Å²) in [7, 11) is 0. The van der Waals surface area contributed by atoms with E-state index in [1.54, 1.807) is 24.5 Å². The van der Waals surface area contributed by atoms with Gasteiger partial charge in [0, 0.05) is 18.0 Å². The molecule has 0 aliphatic carbocycles. The van der Waals surface area contributed by atoms with Crippen molar-refractivity contribution in [3.8, 4) is 11.3 Å². The minimum Gasteiger partial charge on any atom is -0.437 e. The van der Waals surface area contributed by atoms with E-state index >= 15 is 0 Å². The quantitative estimate of drug-likeness (QED) is 0.466. The van der Waals surface area contributed by atoms with Gasteiger partial charge in [-0.3, -0.25) is 4.98 Å². The highest BCUT2D eigenvalue weighted by Gasteiger charge is 2.19. The summed E-state index contributed by atoms with van der Waals surface area (Å²) in [5, 5.41) is 1.14. The molecule has 0 amide bonds. The molecule has 0 atom stereocenters. The van der Waals surface area contributed by atoms with E-state index in [2.05, 4.69) is 30.7 Å². The molecule has 24 heavy (non-hydrogen) atoms. The van der Waals surface area contributed by atoms with E-state index < -0.39 is 0 Å². The maximum Gasteiger partial charge on any atom is 0.227 e. The molecule has 0 unspecified atom stereocenters. The van der Waals surface area contributed by atoms with Crippen LogP contribution in [0.2, 0.25) is 0 Å². The first-order chi connectivity index (χ1) is 11.4. The summed E-state index contributed by atoms with van der Waals surface area (Å²) in [6.07, 6.45) is 3.42. The van der Waals surface area contributed by atoms with Crippen LogP contribution in [0.1, 0.15) is 26.3 Å². The van der Waals surface area contributed by atoms with Gasteiger partial charge in [-0.25, -0.2) is 9.37 Å². The summed E-state index contributed by atoms with van der Waals surface area (Å²) < 4.78 is 20.3. The topological polar surface area (TPSA) is 38.9 Å². The first kappa shape index (κ1) is 14.8. The maximum atomic E-state index is 14.4. The van der Waals surface area contributed by atoms with E-state index in [0.29, 0.717) is 22.1 Å². The van der Waals surface area contributed by atoms with Crippen LogP contribution < -0.4 is 0 Å². The molecule has 0 saturated heterocycles. The molecular formula is C20H17FN2O. The predicted molar refractivity (Wildman–Crippen MR) is 93.4 cm³/mol. The molecule has 3 nitrogen and oxygen atoms in total. The predicted octanol–water partition coefficient (Wildman–Crippen LogP) is 5.48. The lowest BCUT2D eigenvalue weighted by Crippen LogP contribution is -2.11. The molecule has 0 bridgehead atoms. The largest absolute Gasteiger partial charge is 0.437 e. The standard InChI is InChI=1S/C20H17FN2O/c1-20(2,3)12-8-10-22-16(11-12)13-6-7-15(21)17-14-5-4-9-23-19(14)24-18(13)17/h4-11H,1-3H3. The van der Waals surface area contributed by atoms with Crippen LogP contribution in [0.25, 0.3) is 33.3 Å². The number of pyridine rings is 2. The normalized spacial score (nSPS) is 12.2. The van der Waals surface area contributed by atoms with E-state index in [1.807, 2.05) is 18.2 Å². The fourth-order valence-corrected chi connectivity index (χ4v) is 2.92. The van der Waals surface area contributed by atoms with E-state index in [1.165, 1.54) is 11.6 Å². The lowest BCUT2D eigenvalue weighted by molar-refractivity contribution is 0.589. The minimum absolute atomic E-state index is 0.00622. The van der Waals surface area contributed by atoms with Crippen molar-refractivity contribution in [2.45, 2.75) is 26.2 Å². The second kappa shape index (κ2) is 5.13. The van der Waals surface area contributed by atoms with Crippen molar-refractivity contribution < 1.29 is 8.81 Å². The third kappa shape index (κ3) is 2.26. The zero-order chi connectivity index (χ0) is 16.9. The van der Waals surface area contributed by atoms with E-state index in [-0.39, 0.29) is 11.2 Å². The van der Waals surface area contributed by atoms with Crippen molar-refractivity contribution in [1.29, 1.82) is 0 Å². The Balaban J connectivity index is 2.03. The molecule has 0 radical (unpaired) electrons. The van der Waals surface area contributed by atoms with Gasteiger partial charge in [-0.1, -0.05) is 20.8 Å². The van der Waals surface area contributed by atoms with Crippen molar-refractivity contribution in [3.63, 3.8) is 0 Å². The van der Waals surface area contributed by atoms with Crippen LogP contribution in [0, 0.1) is 5.82 Å². The van der Waals surface area contributed by atoms with Gasteiger partial charge in [0.15, 0.2) is 0 Å². The van der Waals surface area contributed by atoms with Gasteiger partial charge in [0.1, 0.15) is 11.4 Å². The van der Waals surface area contributed by atoms with E-state index in [9.17, 15) is 4.39 Å². The summed E-state index contributed by atoms with van der Waals surface area (Å²) in [6, 6.07) is 10.8. The first-order valence-electron chi connectivity index (χ1n) is 7.88. The Morgan fingerprint density at radius 1 is 1.00 bits per heavy atom. The highest BCUT2D eigenvalue weighted by molar-refractivity contribution is 6.08. The first-order valence-corrected chi connectivity index (χ1v) is 7.88. The molecule has 0 fully saturated rings. The highest BCUT2D eigenvalue weighted by Crippen LogP contribution is 2.36. The average molecular weight is 320 g/mol. The van der Waals surface area contributed by atoms with Crippen molar-refractivity contribution in [1.82, 2.24) is 9.97 Å². The van der Waals surface area contributed by atoms with Gasteiger partial charge in [0.2, 0.25) is 5.71 Å². The molecule has 4 aromatic rings. The van der Waals surface area contributed by atoms with Gasteiger partial charge < -0.3 is 4.42 Å². The van der Waals surface area contributed by atoms with Crippen LogP contribution in [0.3, 0.4) is 0 Å². The molecule has 4 rings (SSSR count). The Morgan fingerprint density at radius 2 is 1.83 bits per heavy atom. The summed E-state index contributed by atoms with van der Waals surface area (Å²) >= 11 is 0. The fourth-order valence-electron chi connectivity index (χ4n) is 2.92. The number of halogens is 1. The monoisotopic (exact) mass is 320 g/mol. The zero-order valence-corrected chi connectivity index (χ0v) is 13.8. The lowest BCUT2D eigenvalue weighted by atomic mass is 9.87. The van der Waals surface area contributed by atoms with Crippen LogP contribution >= 0.6 is 0 Å². The molecule has 120 valence electrons. The molecular weight excluding hydrogens is 303 g/mol. The van der Waals surface area contributed by atoms with Gasteiger partial charge in [-0.15, -0.1) is 0 Å². The van der Waals surface area contributed by atoms with E-state index in [0.717, 1.165) is 11.3 Å². The molecule has 0 aliphatic rings. The number of hydrogen-bond acceptors (Lipinski definition) is 3. The molecule has 0 aliphatic heterocycles. The Labute approximate surface area is 139 Å². The number of hydrogen-bond donors (Lipinski definition) is 0. The van der Waals surface area contributed by atoms with E-state index in [4.69, 9.17) is 4.42 Å². The SMILES string of the molecule is CC(C)(C)c1ccnc(-c2ccc(F)c3c2oc2ncccc23)c1. The Bertz CT molecular complexity index is 1060. The van der Waals surface area contributed by atoms with Crippen LogP contribution in [0.4, 0.5) is 4.39 Å². The van der Waals surface area contributed by atoms with Gasteiger partial charge in [-0.05, 0) is 47.4 Å². The third-order valence-electron chi connectivity index (χ3n) is 4.25. The second-order valence-corrected chi connectivity index (χ2v) is 6.94. The Hall–Kier alpha value is -2.75. The van der Waals surface area contributed by atoms with Crippen LogP contribution in [0.15, 0.2) is 53.2 Å². The number of aromatic nitrogens is 2. The molecule has 3 aromatic heterocycles. The van der Waals surface area contributed by atoms with Crippen molar-refractivity contribution in [2.75, 3.05) is 0 Å². The number of nitrogens with zero attached hydrogens (tertiary/aromatic N) is 2. The van der Waals surface area contributed by atoms with Gasteiger partial charge in [-0.2, -0.15) is 0 Å². The van der Waals surface area contributed by atoms with Crippen LogP contribution in [-0.4, -0.2) is 9.97 Å². The maximum absolute atomic E-state index is 14.4. The molecule has 3 heterocycles. The van der Waals surface area contributed by atoms with Crippen molar-refractivity contribution >= 4 is 22.1 Å². The summed E-state index contributed by atoms with van der Waals surface area (Å²) in [5.41, 5.74) is 3.64. The van der Waals surface area contributed by atoms with Crippen LogP contribution in [0.5, 0.6) is 0 Å². The molecule has 1 aromatic carbocycles. The molecule has 4 heteroatoms.